The quantitative estimate of drug-likeness (QED) is 0.624. The van der Waals surface area contributed by atoms with Gasteiger partial charge in [-0.15, -0.1) is 0 Å². The molecule has 0 radical (unpaired) electrons. The second-order valence-electron chi connectivity index (χ2n) is 4.17. The van der Waals surface area contributed by atoms with Gasteiger partial charge in [-0.05, 0) is 32.1 Å². The molecule has 0 aromatic rings. The van der Waals surface area contributed by atoms with Crippen molar-refractivity contribution in [2.75, 3.05) is 6.54 Å². The highest BCUT2D eigenvalue weighted by Gasteiger charge is 2.25. The second kappa shape index (κ2) is 3.97. The van der Waals surface area contributed by atoms with Crippen molar-refractivity contribution in [1.82, 2.24) is 4.90 Å². The van der Waals surface area contributed by atoms with Crippen molar-refractivity contribution in [3.63, 3.8) is 0 Å². The van der Waals surface area contributed by atoms with Crippen LogP contribution in [0, 0.1) is 5.92 Å². The summed E-state index contributed by atoms with van der Waals surface area (Å²) in [6.45, 7) is 12.1. The SMILES string of the molecule is C=C1CCC(CC(C)C)N1CC. The highest BCUT2D eigenvalue weighted by Crippen LogP contribution is 2.29. The summed E-state index contributed by atoms with van der Waals surface area (Å²) in [4.78, 5) is 2.47. The standard InChI is InChI=1S/C11H21N/c1-5-12-10(4)6-7-11(12)8-9(2)3/h9,11H,4-8H2,1-3H3. The number of hydrogen-bond acceptors (Lipinski definition) is 1. The maximum Gasteiger partial charge on any atom is 0.0292 e. The third kappa shape index (κ3) is 2.02. The Bertz CT molecular complexity index is 160. The van der Waals surface area contributed by atoms with E-state index in [1.807, 2.05) is 0 Å². The van der Waals surface area contributed by atoms with Crippen LogP contribution in [0.3, 0.4) is 0 Å². The molecule has 0 saturated carbocycles. The second-order valence-corrected chi connectivity index (χ2v) is 4.17. The third-order valence-electron chi connectivity index (χ3n) is 2.70. The molecule has 1 unspecified atom stereocenters. The van der Waals surface area contributed by atoms with Crippen molar-refractivity contribution in [2.45, 2.75) is 46.1 Å². The average Bonchev–Trinajstić information content (AvgIpc) is 2.30. The van der Waals surface area contributed by atoms with Gasteiger partial charge < -0.3 is 4.90 Å². The maximum absolute atomic E-state index is 4.09. The first-order valence-corrected chi connectivity index (χ1v) is 5.09. The predicted molar refractivity (Wildman–Crippen MR) is 54.0 cm³/mol. The molecule has 1 rings (SSSR count). The van der Waals surface area contributed by atoms with Gasteiger partial charge in [0.1, 0.15) is 0 Å². The van der Waals surface area contributed by atoms with E-state index in [0.29, 0.717) is 0 Å². The summed E-state index contributed by atoms with van der Waals surface area (Å²) in [7, 11) is 0. The van der Waals surface area contributed by atoms with Gasteiger partial charge >= 0.3 is 0 Å². The third-order valence-corrected chi connectivity index (χ3v) is 2.70. The van der Waals surface area contributed by atoms with E-state index in [-0.39, 0.29) is 0 Å². The van der Waals surface area contributed by atoms with Crippen LogP contribution in [0.1, 0.15) is 40.0 Å². The predicted octanol–water partition coefficient (Wildman–Crippen LogP) is 3.03. The van der Waals surface area contributed by atoms with E-state index in [0.717, 1.165) is 18.5 Å². The molecule has 1 nitrogen and oxygen atoms in total. The molecule has 0 aromatic carbocycles. The van der Waals surface area contributed by atoms with Crippen LogP contribution in [0.2, 0.25) is 0 Å². The molecule has 0 aromatic heterocycles. The lowest BCUT2D eigenvalue weighted by Gasteiger charge is -2.27. The van der Waals surface area contributed by atoms with E-state index >= 15 is 0 Å². The van der Waals surface area contributed by atoms with Crippen molar-refractivity contribution in [3.8, 4) is 0 Å². The molecule has 1 aliphatic rings. The molecule has 1 aliphatic heterocycles. The Balaban J connectivity index is 2.48. The molecule has 1 saturated heterocycles. The van der Waals surface area contributed by atoms with Crippen LogP contribution < -0.4 is 0 Å². The number of rotatable bonds is 3. The van der Waals surface area contributed by atoms with Gasteiger partial charge in [0.05, 0.1) is 0 Å². The van der Waals surface area contributed by atoms with Gasteiger partial charge in [0.25, 0.3) is 0 Å². The summed E-state index contributed by atoms with van der Waals surface area (Å²) < 4.78 is 0. The summed E-state index contributed by atoms with van der Waals surface area (Å²) in [6.07, 6.45) is 3.86. The number of allylic oxidation sites excluding steroid dienone is 1. The molecule has 1 fully saturated rings. The molecule has 1 heteroatoms. The van der Waals surface area contributed by atoms with Crippen LogP contribution in [-0.2, 0) is 0 Å². The summed E-state index contributed by atoms with van der Waals surface area (Å²) >= 11 is 0. The zero-order valence-electron chi connectivity index (χ0n) is 8.64. The molecule has 0 spiro atoms. The minimum Gasteiger partial charge on any atom is -0.373 e. The van der Waals surface area contributed by atoms with Crippen molar-refractivity contribution < 1.29 is 0 Å². The first-order chi connectivity index (χ1) is 5.65. The van der Waals surface area contributed by atoms with Crippen molar-refractivity contribution in [2.24, 2.45) is 5.92 Å². The lowest BCUT2D eigenvalue weighted by molar-refractivity contribution is 0.270. The Morgan fingerprint density at radius 1 is 1.58 bits per heavy atom. The monoisotopic (exact) mass is 167 g/mol. The summed E-state index contributed by atoms with van der Waals surface area (Å²) in [5, 5.41) is 0. The number of likely N-dealkylation sites (tertiary alicyclic amines) is 1. The summed E-state index contributed by atoms with van der Waals surface area (Å²) in [5.41, 5.74) is 1.35. The number of nitrogens with zero attached hydrogens (tertiary/aromatic N) is 1. The Labute approximate surface area is 76.5 Å². The van der Waals surface area contributed by atoms with Crippen LogP contribution in [0.25, 0.3) is 0 Å². The fourth-order valence-corrected chi connectivity index (χ4v) is 2.16. The number of hydrogen-bond donors (Lipinski definition) is 0. The first-order valence-electron chi connectivity index (χ1n) is 5.09. The van der Waals surface area contributed by atoms with Crippen LogP contribution in [-0.4, -0.2) is 17.5 Å². The van der Waals surface area contributed by atoms with Gasteiger partial charge in [0.15, 0.2) is 0 Å². The normalized spacial score (nSPS) is 24.2. The minimum atomic E-state index is 0.780. The van der Waals surface area contributed by atoms with E-state index < -0.39 is 0 Å². The van der Waals surface area contributed by atoms with Crippen molar-refractivity contribution in [1.29, 1.82) is 0 Å². The van der Waals surface area contributed by atoms with Gasteiger partial charge in [-0.1, -0.05) is 20.4 Å². The van der Waals surface area contributed by atoms with E-state index in [2.05, 4.69) is 32.3 Å². The Kier molecular flexibility index (Phi) is 3.19. The molecule has 12 heavy (non-hydrogen) atoms. The van der Waals surface area contributed by atoms with Crippen LogP contribution in [0.15, 0.2) is 12.3 Å². The van der Waals surface area contributed by atoms with Crippen molar-refractivity contribution >= 4 is 0 Å². The van der Waals surface area contributed by atoms with Crippen LogP contribution in [0.5, 0.6) is 0 Å². The summed E-state index contributed by atoms with van der Waals surface area (Å²) in [6, 6.07) is 0.780. The van der Waals surface area contributed by atoms with Crippen LogP contribution >= 0.6 is 0 Å². The van der Waals surface area contributed by atoms with Gasteiger partial charge in [0.2, 0.25) is 0 Å². The zero-order chi connectivity index (χ0) is 9.14. The Morgan fingerprint density at radius 2 is 2.25 bits per heavy atom. The molecule has 0 bridgehead atoms. The van der Waals surface area contributed by atoms with E-state index in [9.17, 15) is 0 Å². The fourth-order valence-electron chi connectivity index (χ4n) is 2.16. The minimum absolute atomic E-state index is 0.780. The molecule has 1 heterocycles. The molecule has 0 N–H and O–H groups in total. The molecule has 1 atom stereocenters. The maximum atomic E-state index is 4.09. The molecule has 70 valence electrons. The van der Waals surface area contributed by atoms with Crippen molar-refractivity contribution in [3.05, 3.63) is 12.3 Å². The zero-order valence-corrected chi connectivity index (χ0v) is 8.64. The lowest BCUT2D eigenvalue weighted by Crippen LogP contribution is -2.28. The molecule has 0 amide bonds. The topological polar surface area (TPSA) is 3.24 Å². The lowest BCUT2D eigenvalue weighted by atomic mass is 10.0. The molecular formula is C11H21N. The smallest absolute Gasteiger partial charge is 0.0292 e. The van der Waals surface area contributed by atoms with Gasteiger partial charge in [0, 0.05) is 18.3 Å². The fraction of sp³-hybridized carbons (Fsp3) is 0.818. The molecular weight excluding hydrogens is 146 g/mol. The highest BCUT2D eigenvalue weighted by molar-refractivity contribution is 5.03. The Morgan fingerprint density at radius 3 is 2.75 bits per heavy atom. The van der Waals surface area contributed by atoms with Gasteiger partial charge in [-0.2, -0.15) is 0 Å². The van der Waals surface area contributed by atoms with Gasteiger partial charge in [-0.25, -0.2) is 0 Å². The largest absolute Gasteiger partial charge is 0.373 e. The van der Waals surface area contributed by atoms with E-state index in [4.69, 9.17) is 0 Å². The van der Waals surface area contributed by atoms with Crippen LogP contribution in [0.4, 0.5) is 0 Å². The van der Waals surface area contributed by atoms with E-state index in [1.165, 1.54) is 25.0 Å². The molecule has 0 aliphatic carbocycles. The van der Waals surface area contributed by atoms with Gasteiger partial charge in [-0.3, -0.25) is 0 Å². The first kappa shape index (κ1) is 9.63. The average molecular weight is 167 g/mol. The summed E-state index contributed by atoms with van der Waals surface area (Å²) in [5.74, 6) is 0.815. The Hall–Kier alpha value is -0.460. The highest BCUT2D eigenvalue weighted by atomic mass is 15.2. The van der Waals surface area contributed by atoms with E-state index in [1.54, 1.807) is 0 Å².